The number of hydrogen-bond acceptors (Lipinski definition) is 4. The highest BCUT2D eigenvalue weighted by atomic mass is 35.5. The number of rotatable bonds is 2. The highest BCUT2D eigenvalue weighted by Crippen LogP contribution is 2.36. The van der Waals surface area contributed by atoms with E-state index in [-0.39, 0.29) is 11.3 Å². The zero-order chi connectivity index (χ0) is 19.2. The number of carbonyl (C=O) groups is 1. The molecule has 26 heavy (non-hydrogen) atoms. The second-order valence-corrected chi connectivity index (χ2v) is 7.07. The topological polar surface area (TPSA) is 63.5 Å². The number of alkyl halides is 3. The summed E-state index contributed by atoms with van der Waals surface area (Å²) in [6.07, 6.45) is -3.55. The first-order chi connectivity index (χ1) is 12.1. The fourth-order valence-corrected chi connectivity index (χ4v) is 3.50. The van der Waals surface area contributed by atoms with Gasteiger partial charge in [-0.15, -0.1) is 11.3 Å². The molecule has 3 rings (SSSR count). The van der Waals surface area contributed by atoms with Crippen LogP contribution in [-0.2, 0) is 6.18 Å². The number of thiazole rings is 1. The number of aromatic nitrogens is 2. The predicted molar refractivity (Wildman–Crippen MR) is 93.2 cm³/mol. The summed E-state index contributed by atoms with van der Waals surface area (Å²) in [4.78, 5) is 30.3. The standard InChI is InChI=1S/C16H11ClF3N3O2S/c1-7-8(2)26-15-21-6-10(14(25)23(7)15)13(24)22-9-3-4-12(17)11(5-9)16(18,19)20/h3-6H,1-2H3,(H,22,24). The number of fused-ring (bicyclic) bond motifs is 1. The number of aryl methyl sites for hydroxylation is 2. The maximum atomic E-state index is 12.9. The number of nitrogens with zero attached hydrogens (tertiary/aromatic N) is 2. The SMILES string of the molecule is Cc1sc2ncc(C(=O)Nc3ccc(Cl)c(C(F)(F)F)c3)c(=O)n2c1C. The third kappa shape index (κ3) is 3.19. The van der Waals surface area contributed by atoms with Crippen LogP contribution >= 0.6 is 22.9 Å². The van der Waals surface area contributed by atoms with Crippen LogP contribution in [-0.4, -0.2) is 15.3 Å². The highest BCUT2D eigenvalue weighted by Gasteiger charge is 2.33. The Kier molecular flexibility index (Phi) is 4.53. The van der Waals surface area contributed by atoms with Gasteiger partial charge in [0.25, 0.3) is 11.5 Å². The van der Waals surface area contributed by atoms with Gasteiger partial charge in [-0.3, -0.25) is 14.0 Å². The Bertz CT molecular complexity index is 1090. The maximum Gasteiger partial charge on any atom is 0.417 e. The van der Waals surface area contributed by atoms with Crippen molar-refractivity contribution >= 4 is 39.5 Å². The number of anilines is 1. The van der Waals surface area contributed by atoms with Gasteiger partial charge in [0.2, 0.25) is 0 Å². The summed E-state index contributed by atoms with van der Waals surface area (Å²) in [6.45, 7) is 3.54. The smallest absolute Gasteiger partial charge is 0.322 e. The summed E-state index contributed by atoms with van der Waals surface area (Å²) in [7, 11) is 0. The molecule has 0 spiro atoms. The van der Waals surface area contributed by atoms with Crippen molar-refractivity contribution in [3.63, 3.8) is 0 Å². The quantitative estimate of drug-likeness (QED) is 0.696. The Labute approximate surface area is 154 Å². The number of amides is 1. The lowest BCUT2D eigenvalue weighted by molar-refractivity contribution is -0.137. The Hall–Kier alpha value is -2.39. The molecule has 0 aliphatic rings. The van der Waals surface area contributed by atoms with Crippen LogP contribution in [0.3, 0.4) is 0 Å². The zero-order valence-electron chi connectivity index (χ0n) is 13.4. The van der Waals surface area contributed by atoms with E-state index >= 15 is 0 Å². The maximum absolute atomic E-state index is 12.9. The molecule has 1 amide bonds. The van der Waals surface area contributed by atoms with E-state index in [1.165, 1.54) is 21.8 Å². The van der Waals surface area contributed by atoms with Gasteiger partial charge in [-0.1, -0.05) is 11.6 Å². The minimum absolute atomic E-state index is 0.130. The number of benzene rings is 1. The molecule has 0 aliphatic heterocycles. The number of hydrogen-bond donors (Lipinski definition) is 1. The van der Waals surface area contributed by atoms with E-state index in [0.717, 1.165) is 17.1 Å². The summed E-state index contributed by atoms with van der Waals surface area (Å²) in [6, 6.07) is 2.96. The molecule has 0 radical (unpaired) electrons. The van der Waals surface area contributed by atoms with Crippen LogP contribution < -0.4 is 10.9 Å². The average molecular weight is 402 g/mol. The van der Waals surface area contributed by atoms with Crippen LogP contribution in [0.25, 0.3) is 4.96 Å². The molecule has 0 saturated heterocycles. The minimum atomic E-state index is -4.66. The van der Waals surface area contributed by atoms with Crippen LogP contribution in [0, 0.1) is 13.8 Å². The molecule has 0 saturated carbocycles. The third-order valence-corrected chi connectivity index (χ3v) is 5.19. The van der Waals surface area contributed by atoms with Crippen molar-refractivity contribution in [3.05, 3.63) is 61.5 Å². The predicted octanol–water partition coefficient (Wildman–Crippen LogP) is 4.30. The molecular weight excluding hydrogens is 391 g/mol. The molecule has 1 N–H and O–H groups in total. The molecule has 2 aromatic heterocycles. The monoisotopic (exact) mass is 401 g/mol. The molecule has 0 unspecified atom stereocenters. The van der Waals surface area contributed by atoms with Crippen LogP contribution in [0.2, 0.25) is 5.02 Å². The molecule has 0 atom stereocenters. The molecule has 5 nitrogen and oxygen atoms in total. The summed E-state index contributed by atoms with van der Waals surface area (Å²) < 4.78 is 40.0. The molecule has 136 valence electrons. The van der Waals surface area contributed by atoms with Gasteiger partial charge < -0.3 is 5.32 Å². The lowest BCUT2D eigenvalue weighted by Gasteiger charge is -2.11. The van der Waals surface area contributed by atoms with Crippen molar-refractivity contribution in [2.75, 3.05) is 5.32 Å². The lowest BCUT2D eigenvalue weighted by atomic mass is 10.2. The van der Waals surface area contributed by atoms with Gasteiger partial charge in [0.05, 0.1) is 10.6 Å². The first-order valence-electron chi connectivity index (χ1n) is 7.25. The summed E-state index contributed by atoms with van der Waals surface area (Å²) >= 11 is 6.85. The molecule has 1 aromatic carbocycles. The van der Waals surface area contributed by atoms with E-state index < -0.39 is 28.2 Å². The fraction of sp³-hybridized carbons (Fsp3) is 0.188. The fourth-order valence-electron chi connectivity index (χ4n) is 2.35. The summed E-state index contributed by atoms with van der Waals surface area (Å²) in [5, 5.41) is 1.80. The second kappa shape index (κ2) is 6.40. The average Bonchev–Trinajstić information content (AvgIpc) is 2.84. The van der Waals surface area contributed by atoms with Gasteiger partial charge in [0, 0.05) is 22.5 Å². The molecule has 0 fully saturated rings. The van der Waals surface area contributed by atoms with E-state index in [4.69, 9.17) is 11.6 Å². The van der Waals surface area contributed by atoms with Crippen molar-refractivity contribution in [1.29, 1.82) is 0 Å². The van der Waals surface area contributed by atoms with Gasteiger partial charge >= 0.3 is 6.18 Å². The van der Waals surface area contributed by atoms with E-state index in [9.17, 15) is 22.8 Å². The summed E-state index contributed by atoms with van der Waals surface area (Å²) in [5.41, 5.74) is -1.41. The highest BCUT2D eigenvalue weighted by molar-refractivity contribution is 7.17. The minimum Gasteiger partial charge on any atom is -0.322 e. The lowest BCUT2D eigenvalue weighted by Crippen LogP contribution is -2.26. The number of nitrogens with one attached hydrogen (secondary N) is 1. The second-order valence-electron chi connectivity index (χ2n) is 5.49. The van der Waals surface area contributed by atoms with Gasteiger partial charge in [-0.05, 0) is 32.0 Å². The van der Waals surface area contributed by atoms with Gasteiger partial charge in [-0.25, -0.2) is 4.98 Å². The van der Waals surface area contributed by atoms with Crippen molar-refractivity contribution in [1.82, 2.24) is 9.38 Å². The van der Waals surface area contributed by atoms with Gasteiger partial charge in [0.15, 0.2) is 4.96 Å². The number of carbonyl (C=O) groups excluding carboxylic acids is 1. The van der Waals surface area contributed by atoms with Crippen molar-refractivity contribution < 1.29 is 18.0 Å². The van der Waals surface area contributed by atoms with Gasteiger partial charge in [-0.2, -0.15) is 13.2 Å². The molecule has 0 aliphatic carbocycles. The first-order valence-corrected chi connectivity index (χ1v) is 8.45. The van der Waals surface area contributed by atoms with E-state index in [1.54, 1.807) is 6.92 Å². The van der Waals surface area contributed by atoms with E-state index in [2.05, 4.69) is 10.3 Å². The number of halogens is 4. The molecular formula is C16H11ClF3N3O2S. The van der Waals surface area contributed by atoms with Crippen LogP contribution in [0.15, 0.2) is 29.2 Å². The molecule has 2 heterocycles. The van der Waals surface area contributed by atoms with Crippen molar-refractivity contribution in [3.8, 4) is 0 Å². The molecule has 0 bridgehead atoms. The van der Waals surface area contributed by atoms with Gasteiger partial charge in [0.1, 0.15) is 5.56 Å². The first kappa shape index (κ1) is 18.4. The van der Waals surface area contributed by atoms with Crippen molar-refractivity contribution in [2.45, 2.75) is 20.0 Å². The van der Waals surface area contributed by atoms with Crippen LogP contribution in [0.4, 0.5) is 18.9 Å². The zero-order valence-corrected chi connectivity index (χ0v) is 15.0. The normalized spacial score (nSPS) is 11.8. The van der Waals surface area contributed by atoms with E-state index in [0.29, 0.717) is 16.7 Å². The molecule has 10 heteroatoms. The Morgan fingerprint density at radius 3 is 2.65 bits per heavy atom. The third-order valence-electron chi connectivity index (χ3n) is 3.79. The van der Waals surface area contributed by atoms with Crippen LogP contribution in [0.1, 0.15) is 26.5 Å². The molecule has 3 aromatic rings. The largest absolute Gasteiger partial charge is 0.417 e. The Balaban J connectivity index is 1.99. The summed E-state index contributed by atoms with van der Waals surface area (Å²) in [5.74, 6) is -0.851. The Morgan fingerprint density at radius 1 is 1.31 bits per heavy atom. The van der Waals surface area contributed by atoms with Crippen molar-refractivity contribution in [2.24, 2.45) is 0 Å². The Morgan fingerprint density at radius 2 is 2.00 bits per heavy atom. The van der Waals surface area contributed by atoms with E-state index in [1.807, 2.05) is 6.92 Å². The van der Waals surface area contributed by atoms with Crippen LogP contribution in [0.5, 0.6) is 0 Å².